The Labute approximate surface area is 132 Å². The molecule has 0 aliphatic carbocycles. The average Bonchev–Trinajstić information content (AvgIpc) is 2.28. The molecule has 9 heteroatoms. The Morgan fingerprint density at radius 2 is 1.86 bits per heavy atom. The first-order valence-electron chi connectivity index (χ1n) is 5.72. The highest BCUT2D eigenvalue weighted by Crippen LogP contribution is 2.18. The van der Waals surface area contributed by atoms with Gasteiger partial charge in [0.2, 0.25) is 5.91 Å². The van der Waals surface area contributed by atoms with Crippen LogP contribution in [0.15, 0.2) is 24.3 Å². The lowest BCUT2D eigenvalue weighted by Crippen LogP contribution is -2.42. The number of alkyl halides is 3. The fourth-order valence-corrected chi connectivity index (χ4v) is 2.09. The maximum atomic E-state index is 12.3. The van der Waals surface area contributed by atoms with Crippen LogP contribution in [-0.2, 0) is 9.59 Å². The van der Waals surface area contributed by atoms with Gasteiger partial charge in [-0.1, -0.05) is 12.1 Å². The van der Waals surface area contributed by atoms with Crippen LogP contribution in [0.3, 0.4) is 0 Å². The maximum Gasteiger partial charge on any atom is 0.401 e. The molecule has 0 atom stereocenters. The number of nitrogens with zero attached hydrogens (tertiary/aromatic N) is 1. The lowest BCUT2D eigenvalue weighted by atomic mass is 10.3. The van der Waals surface area contributed by atoms with E-state index in [4.69, 9.17) is 5.11 Å². The van der Waals surface area contributed by atoms with E-state index in [-0.39, 0.29) is 0 Å². The Kier molecular flexibility index (Phi) is 6.40. The molecule has 0 radical (unpaired) electrons. The van der Waals surface area contributed by atoms with E-state index >= 15 is 0 Å². The van der Waals surface area contributed by atoms with Crippen molar-refractivity contribution in [1.29, 1.82) is 0 Å². The normalized spacial score (nSPS) is 11.5. The van der Waals surface area contributed by atoms with Crippen LogP contribution in [0.4, 0.5) is 18.9 Å². The van der Waals surface area contributed by atoms with Crippen LogP contribution in [0.2, 0.25) is 0 Å². The summed E-state index contributed by atoms with van der Waals surface area (Å²) in [5, 5.41) is 11.0. The number of carboxylic acids is 1. The number of para-hydroxylation sites is 1. The van der Waals surface area contributed by atoms with Crippen LogP contribution < -0.4 is 5.32 Å². The topological polar surface area (TPSA) is 69.6 Å². The minimum Gasteiger partial charge on any atom is -0.480 e. The summed E-state index contributed by atoms with van der Waals surface area (Å²) in [6.07, 6.45) is -4.57. The van der Waals surface area contributed by atoms with E-state index < -0.39 is 37.7 Å². The molecule has 0 aromatic heterocycles. The second kappa shape index (κ2) is 7.59. The number of carbonyl (C=O) groups is 2. The van der Waals surface area contributed by atoms with E-state index in [1.807, 2.05) is 22.6 Å². The summed E-state index contributed by atoms with van der Waals surface area (Å²) in [5.41, 5.74) is 0.463. The smallest absolute Gasteiger partial charge is 0.401 e. The first-order valence-corrected chi connectivity index (χ1v) is 6.80. The Bertz CT molecular complexity index is 523. The third-order valence-corrected chi connectivity index (χ3v) is 3.22. The highest BCUT2D eigenvalue weighted by molar-refractivity contribution is 14.1. The van der Waals surface area contributed by atoms with Gasteiger partial charge >= 0.3 is 12.1 Å². The molecule has 1 aromatic carbocycles. The predicted octanol–water partition coefficient (Wildman–Crippen LogP) is 2.18. The van der Waals surface area contributed by atoms with Gasteiger partial charge in [0, 0.05) is 3.57 Å². The number of halogens is 4. The number of benzene rings is 1. The van der Waals surface area contributed by atoms with Crippen LogP contribution in [-0.4, -0.2) is 47.7 Å². The first-order chi connectivity index (χ1) is 9.67. The molecular formula is C12H12F3IN2O3. The number of aliphatic carboxylic acids is 1. The Morgan fingerprint density at radius 1 is 1.24 bits per heavy atom. The molecular weight excluding hydrogens is 404 g/mol. The molecule has 116 valence electrons. The van der Waals surface area contributed by atoms with Crippen molar-refractivity contribution >= 4 is 40.2 Å². The molecule has 1 amide bonds. The largest absolute Gasteiger partial charge is 0.480 e. The standard InChI is InChI=1S/C12H12F3IN2O3/c13-12(14,15)7-18(6-11(20)21)5-10(19)17-9-4-2-1-3-8(9)16/h1-4H,5-7H2,(H,17,19)(H,20,21). The van der Waals surface area contributed by atoms with Gasteiger partial charge in [0.1, 0.15) is 0 Å². The van der Waals surface area contributed by atoms with Crippen molar-refractivity contribution in [2.24, 2.45) is 0 Å². The average molecular weight is 416 g/mol. The zero-order valence-electron chi connectivity index (χ0n) is 10.7. The van der Waals surface area contributed by atoms with E-state index in [9.17, 15) is 22.8 Å². The molecule has 0 spiro atoms. The van der Waals surface area contributed by atoms with Crippen molar-refractivity contribution in [3.05, 3.63) is 27.8 Å². The molecule has 0 saturated heterocycles. The van der Waals surface area contributed by atoms with Crippen LogP contribution in [0.1, 0.15) is 0 Å². The molecule has 1 rings (SSSR count). The molecule has 0 fully saturated rings. The van der Waals surface area contributed by atoms with Gasteiger partial charge in [0.25, 0.3) is 0 Å². The Hall–Kier alpha value is -1.36. The van der Waals surface area contributed by atoms with Crippen LogP contribution in [0.5, 0.6) is 0 Å². The van der Waals surface area contributed by atoms with Crippen molar-refractivity contribution < 1.29 is 27.9 Å². The molecule has 5 nitrogen and oxygen atoms in total. The van der Waals surface area contributed by atoms with Crippen molar-refractivity contribution in [3.63, 3.8) is 0 Å². The molecule has 21 heavy (non-hydrogen) atoms. The fourth-order valence-electron chi connectivity index (χ4n) is 1.57. The van der Waals surface area contributed by atoms with E-state index in [1.165, 1.54) is 0 Å². The molecule has 0 saturated carbocycles. The molecule has 0 unspecified atom stereocenters. The van der Waals surface area contributed by atoms with Gasteiger partial charge in [-0.25, -0.2) is 0 Å². The summed E-state index contributed by atoms with van der Waals surface area (Å²) >= 11 is 1.97. The molecule has 1 aromatic rings. The zero-order valence-corrected chi connectivity index (χ0v) is 12.8. The molecule has 0 bridgehead atoms. The summed E-state index contributed by atoms with van der Waals surface area (Å²) in [6, 6.07) is 6.74. The lowest BCUT2D eigenvalue weighted by molar-refractivity contribution is -0.154. The van der Waals surface area contributed by atoms with Crippen molar-refractivity contribution in [2.75, 3.05) is 25.0 Å². The van der Waals surface area contributed by atoms with E-state index in [1.54, 1.807) is 24.3 Å². The molecule has 0 heterocycles. The maximum absolute atomic E-state index is 12.3. The summed E-state index contributed by atoms with van der Waals surface area (Å²) in [5.74, 6) is -2.13. The Balaban J connectivity index is 2.67. The van der Waals surface area contributed by atoms with E-state index in [2.05, 4.69) is 5.32 Å². The van der Waals surface area contributed by atoms with Crippen LogP contribution in [0, 0.1) is 3.57 Å². The van der Waals surface area contributed by atoms with E-state index in [0.717, 1.165) is 3.57 Å². The summed E-state index contributed by atoms with van der Waals surface area (Å²) in [7, 11) is 0. The third kappa shape index (κ3) is 7.27. The highest BCUT2D eigenvalue weighted by Gasteiger charge is 2.32. The number of anilines is 1. The predicted molar refractivity (Wildman–Crippen MR) is 77.9 cm³/mol. The quantitative estimate of drug-likeness (QED) is 0.698. The van der Waals surface area contributed by atoms with E-state index in [0.29, 0.717) is 10.6 Å². The van der Waals surface area contributed by atoms with Gasteiger partial charge in [-0.15, -0.1) is 0 Å². The number of nitrogens with one attached hydrogen (secondary N) is 1. The first kappa shape index (κ1) is 17.7. The third-order valence-electron chi connectivity index (χ3n) is 2.28. The van der Waals surface area contributed by atoms with Gasteiger partial charge in [-0.2, -0.15) is 13.2 Å². The van der Waals surface area contributed by atoms with Crippen molar-refractivity contribution in [1.82, 2.24) is 4.90 Å². The van der Waals surface area contributed by atoms with Gasteiger partial charge < -0.3 is 10.4 Å². The summed E-state index contributed by atoms with van der Waals surface area (Å²) in [6.45, 7) is -2.98. The summed E-state index contributed by atoms with van der Waals surface area (Å²) in [4.78, 5) is 22.8. The lowest BCUT2D eigenvalue weighted by Gasteiger charge is -2.21. The Morgan fingerprint density at radius 3 is 2.38 bits per heavy atom. The molecule has 2 N–H and O–H groups in total. The van der Waals surface area contributed by atoms with Gasteiger partial charge in [0.05, 0.1) is 25.3 Å². The number of hydrogen-bond donors (Lipinski definition) is 2. The second-order valence-electron chi connectivity index (χ2n) is 4.18. The van der Waals surface area contributed by atoms with Gasteiger partial charge in [-0.3, -0.25) is 14.5 Å². The number of carboxylic acid groups (broad SMARTS) is 1. The fraction of sp³-hybridized carbons (Fsp3) is 0.333. The van der Waals surface area contributed by atoms with Crippen molar-refractivity contribution in [2.45, 2.75) is 6.18 Å². The molecule has 0 aliphatic rings. The minimum atomic E-state index is -4.57. The number of carbonyl (C=O) groups excluding carboxylic acids is 1. The van der Waals surface area contributed by atoms with Gasteiger partial charge in [0.15, 0.2) is 0 Å². The minimum absolute atomic E-state index is 0.463. The SMILES string of the molecule is O=C(O)CN(CC(=O)Nc1ccccc1I)CC(F)(F)F. The second-order valence-corrected chi connectivity index (χ2v) is 5.34. The van der Waals surface area contributed by atoms with Crippen molar-refractivity contribution in [3.8, 4) is 0 Å². The summed E-state index contributed by atoms with van der Waals surface area (Å²) < 4.78 is 37.7. The number of amides is 1. The van der Waals surface area contributed by atoms with Crippen LogP contribution in [0.25, 0.3) is 0 Å². The van der Waals surface area contributed by atoms with Crippen LogP contribution >= 0.6 is 22.6 Å². The van der Waals surface area contributed by atoms with Gasteiger partial charge in [-0.05, 0) is 34.7 Å². The monoisotopic (exact) mass is 416 g/mol. The molecule has 0 aliphatic heterocycles. The number of hydrogen-bond acceptors (Lipinski definition) is 3. The highest BCUT2D eigenvalue weighted by atomic mass is 127. The number of rotatable bonds is 6. The zero-order chi connectivity index (χ0) is 16.0.